The quantitative estimate of drug-likeness (QED) is 0.220. The largest absolute Gasteiger partial charge is 0.493 e. The van der Waals surface area contributed by atoms with Crippen molar-refractivity contribution in [3.05, 3.63) is 90.3 Å². The van der Waals surface area contributed by atoms with Crippen LogP contribution < -0.4 is 14.8 Å². The van der Waals surface area contributed by atoms with Crippen LogP contribution in [0, 0.1) is 11.3 Å². The van der Waals surface area contributed by atoms with Gasteiger partial charge < -0.3 is 14.8 Å². The molecular weight excluding hydrogens is 595 g/mol. The zero-order valence-corrected chi connectivity index (χ0v) is 21.8. The molecule has 0 heterocycles. The minimum atomic E-state index is -0.618. The minimum Gasteiger partial charge on any atom is -0.493 e. The van der Waals surface area contributed by atoms with E-state index in [2.05, 4.69) is 37.2 Å². The van der Waals surface area contributed by atoms with E-state index in [9.17, 15) is 10.1 Å². The van der Waals surface area contributed by atoms with Crippen molar-refractivity contribution in [2.75, 3.05) is 12.4 Å². The molecule has 1 N–H and O–H groups in total. The highest BCUT2D eigenvalue weighted by molar-refractivity contribution is 9.10. The number of methoxy groups -OCH3 is 1. The van der Waals surface area contributed by atoms with Crippen molar-refractivity contribution < 1.29 is 14.3 Å². The van der Waals surface area contributed by atoms with Gasteiger partial charge in [0.15, 0.2) is 11.5 Å². The second-order valence-electron chi connectivity index (χ2n) is 6.67. The first-order chi connectivity index (χ1) is 15.8. The molecule has 1 amide bonds. The van der Waals surface area contributed by atoms with E-state index in [0.29, 0.717) is 38.9 Å². The van der Waals surface area contributed by atoms with Gasteiger partial charge in [-0.2, -0.15) is 5.26 Å². The lowest BCUT2D eigenvalue weighted by Crippen LogP contribution is -2.13. The molecule has 0 aromatic heterocycles. The van der Waals surface area contributed by atoms with Gasteiger partial charge in [-0.3, -0.25) is 4.79 Å². The van der Waals surface area contributed by atoms with Gasteiger partial charge >= 0.3 is 0 Å². The van der Waals surface area contributed by atoms with Crippen LogP contribution in [-0.2, 0) is 11.4 Å². The Bertz CT molecular complexity index is 1260. The van der Waals surface area contributed by atoms with E-state index >= 15 is 0 Å². The summed E-state index contributed by atoms with van der Waals surface area (Å²) >= 11 is 19.0. The number of nitrogens with one attached hydrogen (secondary N) is 1. The highest BCUT2D eigenvalue weighted by atomic mass is 79.9. The summed E-state index contributed by atoms with van der Waals surface area (Å²) in [5.41, 5.74) is 1.74. The van der Waals surface area contributed by atoms with Gasteiger partial charge in [-0.15, -0.1) is 0 Å². The lowest BCUT2D eigenvalue weighted by Gasteiger charge is -2.14. The summed E-state index contributed by atoms with van der Waals surface area (Å²) in [6, 6.07) is 17.9. The number of carbonyl (C=O) groups excluding carboxylic acids is 1. The second kappa shape index (κ2) is 11.6. The van der Waals surface area contributed by atoms with Gasteiger partial charge in [0.1, 0.15) is 18.2 Å². The molecule has 0 atom stereocenters. The number of hydrogen-bond donors (Lipinski definition) is 1. The van der Waals surface area contributed by atoms with Gasteiger partial charge in [-0.1, -0.05) is 57.3 Å². The van der Waals surface area contributed by atoms with Gasteiger partial charge in [0.05, 0.1) is 27.3 Å². The van der Waals surface area contributed by atoms with Crippen LogP contribution in [0.15, 0.2) is 69.1 Å². The van der Waals surface area contributed by atoms with Crippen LogP contribution in [0.25, 0.3) is 6.08 Å². The Morgan fingerprint density at radius 1 is 1.15 bits per heavy atom. The molecule has 0 saturated heterocycles. The number of anilines is 1. The van der Waals surface area contributed by atoms with Crippen LogP contribution in [0.4, 0.5) is 5.69 Å². The Morgan fingerprint density at radius 3 is 2.55 bits per heavy atom. The maximum Gasteiger partial charge on any atom is 0.266 e. The van der Waals surface area contributed by atoms with E-state index in [1.165, 1.54) is 13.2 Å². The molecule has 33 heavy (non-hydrogen) atoms. The summed E-state index contributed by atoms with van der Waals surface area (Å²) in [5.74, 6) is 0.335. The number of halogens is 4. The SMILES string of the molecule is COc1cc(/C=C(/C#N)C(=O)Nc2cccc(Cl)c2Cl)cc(Br)c1OCc1ccc(Br)cc1. The third kappa shape index (κ3) is 6.52. The number of ether oxygens (including phenoxy) is 2. The molecule has 0 bridgehead atoms. The maximum atomic E-state index is 12.6. The van der Waals surface area contributed by atoms with Crippen molar-refractivity contribution in [3.8, 4) is 17.6 Å². The third-order valence-corrected chi connectivity index (χ3v) is 6.36. The molecule has 0 aliphatic carbocycles. The van der Waals surface area contributed by atoms with Crippen molar-refractivity contribution in [1.29, 1.82) is 5.26 Å². The summed E-state index contributed by atoms with van der Waals surface area (Å²) in [6.07, 6.45) is 1.44. The van der Waals surface area contributed by atoms with Gasteiger partial charge in [0.25, 0.3) is 5.91 Å². The van der Waals surface area contributed by atoms with E-state index < -0.39 is 5.91 Å². The van der Waals surface area contributed by atoms with Crippen molar-refractivity contribution in [1.82, 2.24) is 0 Å². The van der Waals surface area contributed by atoms with Gasteiger partial charge in [0.2, 0.25) is 0 Å². The molecule has 168 valence electrons. The predicted octanol–water partition coefficient (Wildman–Crippen LogP) is 7.65. The lowest BCUT2D eigenvalue weighted by atomic mass is 10.1. The van der Waals surface area contributed by atoms with Crippen molar-refractivity contribution >= 4 is 72.7 Å². The molecule has 3 rings (SSSR count). The van der Waals surface area contributed by atoms with Crippen LogP contribution in [-0.4, -0.2) is 13.0 Å². The average Bonchev–Trinajstić information content (AvgIpc) is 2.80. The monoisotopic (exact) mass is 608 g/mol. The molecule has 0 unspecified atom stereocenters. The highest BCUT2D eigenvalue weighted by Gasteiger charge is 2.15. The number of amides is 1. The smallest absolute Gasteiger partial charge is 0.266 e. The summed E-state index contributed by atoms with van der Waals surface area (Å²) < 4.78 is 13.0. The Morgan fingerprint density at radius 2 is 1.88 bits per heavy atom. The fourth-order valence-corrected chi connectivity index (χ4v) is 3.99. The summed E-state index contributed by atoms with van der Waals surface area (Å²) in [5, 5.41) is 12.6. The van der Waals surface area contributed by atoms with E-state index in [4.69, 9.17) is 32.7 Å². The fourth-order valence-electron chi connectivity index (χ4n) is 2.80. The van der Waals surface area contributed by atoms with E-state index in [1.54, 1.807) is 30.3 Å². The number of nitriles is 1. The molecule has 0 spiro atoms. The van der Waals surface area contributed by atoms with Crippen molar-refractivity contribution in [2.24, 2.45) is 0 Å². The molecule has 5 nitrogen and oxygen atoms in total. The van der Waals surface area contributed by atoms with Crippen molar-refractivity contribution in [2.45, 2.75) is 6.61 Å². The van der Waals surface area contributed by atoms with Gasteiger partial charge in [-0.05, 0) is 69.5 Å². The normalized spacial score (nSPS) is 11.0. The van der Waals surface area contributed by atoms with E-state index in [0.717, 1.165) is 10.0 Å². The Kier molecular flexibility index (Phi) is 8.81. The summed E-state index contributed by atoms with van der Waals surface area (Å²) in [7, 11) is 1.51. The highest BCUT2D eigenvalue weighted by Crippen LogP contribution is 2.38. The molecule has 0 radical (unpaired) electrons. The predicted molar refractivity (Wildman–Crippen MR) is 138 cm³/mol. The first-order valence-corrected chi connectivity index (χ1v) is 11.8. The Hall–Kier alpha value is -2.50. The average molecular weight is 611 g/mol. The third-order valence-electron chi connectivity index (χ3n) is 4.42. The van der Waals surface area contributed by atoms with Gasteiger partial charge in [-0.25, -0.2) is 0 Å². The number of benzene rings is 3. The van der Waals surface area contributed by atoms with Crippen molar-refractivity contribution in [3.63, 3.8) is 0 Å². The topological polar surface area (TPSA) is 71.3 Å². The van der Waals surface area contributed by atoms with E-state index in [-0.39, 0.29) is 10.6 Å². The molecule has 3 aromatic rings. The Labute approximate surface area is 218 Å². The van der Waals surface area contributed by atoms with Crippen LogP contribution >= 0.6 is 55.1 Å². The first-order valence-electron chi connectivity index (χ1n) is 9.44. The molecule has 3 aromatic carbocycles. The van der Waals surface area contributed by atoms with Crippen LogP contribution in [0.5, 0.6) is 11.5 Å². The van der Waals surface area contributed by atoms with Gasteiger partial charge in [0, 0.05) is 4.47 Å². The molecule has 0 fully saturated rings. The molecule has 0 aliphatic heterocycles. The molecular formula is C24H16Br2Cl2N2O3. The zero-order chi connectivity index (χ0) is 24.0. The number of carbonyl (C=O) groups is 1. The standard InChI is InChI=1S/C24H16Br2Cl2N2O3/c1-32-21-11-15(10-18(26)23(21)33-13-14-5-7-17(25)8-6-14)9-16(12-29)24(31)30-20-4-2-3-19(27)22(20)28/h2-11H,13H2,1H3,(H,30,31)/b16-9-. The number of hydrogen-bond acceptors (Lipinski definition) is 4. The van der Waals surface area contributed by atoms with Crippen LogP contribution in [0.3, 0.4) is 0 Å². The minimum absolute atomic E-state index is 0.122. The zero-order valence-electron chi connectivity index (χ0n) is 17.2. The van der Waals surface area contributed by atoms with Crippen LogP contribution in [0.1, 0.15) is 11.1 Å². The molecule has 9 heteroatoms. The lowest BCUT2D eigenvalue weighted by molar-refractivity contribution is -0.112. The molecule has 0 aliphatic rings. The Balaban J connectivity index is 1.83. The fraction of sp³-hybridized carbons (Fsp3) is 0.0833. The molecule has 0 saturated carbocycles. The summed E-state index contributed by atoms with van der Waals surface area (Å²) in [6.45, 7) is 0.337. The first kappa shape index (κ1) is 25.1. The summed E-state index contributed by atoms with van der Waals surface area (Å²) in [4.78, 5) is 12.6. The van der Waals surface area contributed by atoms with Crippen LogP contribution in [0.2, 0.25) is 10.0 Å². The number of rotatable bonds is 7. The van der Waals surface area contributed by atoms with E-state index in [1.807, 2.05) is 30.3 Å². The second-order valence-corrected chi connectivity index (χ2v) is 9.23. The maximum absolute atomic E-state index is 12.6. The number of nitrogens with zero attached hydrogens (tertiary/aromatic N) is 1.